The number of esters is 1. The molecule has 154 valence electrons. The van der Waals surface area contributed by atoms with Crippen LogP contribution in [0.2, 0.25) is 0 Å². The lowest BCUT2D eigenvalue weighted by molar-refractivity contribution is -0.164. The van der Waals surface area contributed by atoms with Gasteiger partial charge in [-0.25, -0.2) is 0 Å². The predicted molar refractivity (Wildman–Crippen MR) is 99.6 cm³/mol. The van der Waals surface area contributed by atoms with E-state index in [1.165, 1.54) is 0 Å². The number of carbonyl (C=O) groups excluding carboxylic acids is 1. The van der Waals surface area contributed by atoms with Gasteiger partial charge >= 0.3 is 11.9 Å². The SMILES string of the molecule is CCCCCC(CCCC)(CCCC)OC(=O)C(CC(=O)O)S(=O)(=O)O. The molecule has 0 heterocycles. The molecule has 8 heteroatoms. The highest BCUT2D eigenvalue weighted by molar-refractivity contribution is 7.87. The molecule has 0 spiro atoms. The van der Waals surface area contributed by atoms with Gasteiger partial charge in [0.05, 0.1) is 6.42 Å². The van der Waals surface area contributed by atoms with E-state index in [2.05, 4.69) is 6.92 Å². The van der Waals surface area contributed by atoms with Gasteiger partial charge in [0.25, 0.3) is 10.1 Å². The average Bonchev–Trinajstić information content (AvgIpc) is 2.55. The first-order chi connectivity index (χ1) is 12.1. The van der Waals surface area contributed by atoms with Gasteiger partial charge in [-0.2, -0.15) is 8.42 Å². The molecule has 0 aromatic heterocycles. The summed E-state index contributed by atoms with van der Waals surface area (Å²) in [5.41, 5.74) is -0.806. The normalized spacial score (nSPS) is 13.4. The molecule has 0 aliphatic rings. The van der Waals surface area contributed by atoms with Crippen LogP contribution < -0.4 is 0 Å². The van der Waals surface area contributed by atoms with Crippen molar-refractivity contribution in [2.75, 3.05) is 0 Å². The smallest absolute Gasteiger partial charge is 0.328 e. The molecule has 0 aliphatic heterocycles. The number of carboxylic acid groups (broad SMARTS) is 1. The number of aliphatic carboxylic acids is 1. The summed E-state index contributed by atoms with van der Waals surface area (Å²) < 4.78 is 37.9. The Balaban J connectivity index is 5.53. The molecule has 1 unspecified atom stereocenters. The van der Waals surface area contributed by atoms with Gasteiger partial charge in [0.2, 0.25) is 0 Å². The summed E-state index contributed by atoms with van der Waals surface area (Å²) in [6.07, 6.45) is 7.04. The predicted octanol–water partition coefficient (Wildman–Crippen LogP) is 3.96. The molecule has 0 rings (SSSR count). The Kier molecular flexibility index (Phi) is 11.7. The zero-order valence-electron chi connectivity index (χ0n) is 16.2. The van der Waals surface area contributed by atoms with Crippen molar-refractivity contribution in [3.05, 3.63) is 0 Å². The third-order valence-corrected chi connectivity index (χ3v) is 5.59. The summed E-state index contributed by atoms with van der Waals surface area (Å²) >= 11 is 0. The van der Waals surface area contributed by atoms with Gasteiger partial charge in [0, 0.05) is 0 Å². The molecule has 0 amide bonds. The highest BCUT2D eigenvalue weighted by atomic mass is 32.2. The van der Waals surface area contributed by atoms with Crippen LogP contribution in [-0.4, -0.2) is 40.9 Å². The first-order valence-electron chi connectivity index (χ1n) is 9.52. The van der Waals surface area contributed by atoms with Gasteiger partial charge in [0.1, 0.15) is 5.60 Å². The second-order valence-corrected chi connectivity index (χ2v) is 8.47. The molecule has 0 aromatic carbocycles. The molecule has 0 aliphatic carbocycles. The van der Waals surface area contributed by atoms with Crippen molar-refractivity contribution in [3.8, 4) is 0 Å². The molecule has 0 saturated heterocycles. The van der Waals surface area contributed by atoms with Crippen molar-refractivity contribution in [3.63, 3.8) is 0 Å². The molecule has 0 aromatic rings. The quantitative estimate of drug-likeness (QED) is 0.245. The highest BCUT2D eigenvalue weighted by Crippen LogP contribution is 2.33. The van der Waals surface area contributed by atoms with Crippen molar-refractivity contribution in [1.82, 2.24) is 0 Å². The van der Waals surface area contributed by atoms with E-state index in [-0.39, 0.29) is 0 Å². The van der Waals surface area contributed by atoms with E-state index in [4.69, 9.17) is 9.84 Å². The Morgan fingerprint density at radius 3 is 1.77 bits per heavy atom. The van der Waals surface area contributed by atoms with Crippen molar-refractivity contribution >= 4 is 22.1 Å². The summed E-state index contributed by atoms with van der Waals surface area (Å²) in [7, 11) is -4.85. The monoisotopic (exact) mass is 394 g/mol. The number of hydrogen-bond donors (Lipinski definition) is 2. The molecule has 0 radical (unpaired) electrons. The summed E-state index contributed by atoms with van der Waals surface area (Å²) in [5.74, 6) is -2.65. The summed E-state index contributed by atoms with van der Waals surface area (Å²) in [5, 5.41) is 6.78. The van der Waals surface area contributed by atoms with Crippen LogP contribution in [0.15, 0.2) is 0 Å². The molecule has 0 fully saturated rings. The minimum atomic E-state index is -4.85. The summed E-state index contributed by atoms with van der Waals surface area (Å²) in [6, 6.07) is 0. The van der Waals surface area contributed by atoms with Crippen LogP contribution in [0.4, 0.5) is 0 Å². The fourth-order valence-corrected chi connectivity index (χ4v) is 3.62. The fraction of sp³-hybridized carbons (Fsp3) is 0.889. The van der Waals surface area contributed by atoms with Gasteiger partial charge in [0.15, 0.2) is 5.25 Å². The van der Waals surface area contributed by atoms with Gasteiger partial charge in [-0.3, -0.25) is 14.1 Å². The van der Waals surface area contributed by atoms with Crippen LogP contribution in [0, 0.1) is 0 Å². The number of unbranched alkanes of at least 4 members (excludes halogenated alkanes) is 4. The maximum atomic E-state index is 12.5. The first-order valence-corrected chi connectivity index (χ1v) is 11.0. The molecule has 2 N–H and O–H groups in total. The van der Waals surface area contributed by atoms with Crippen molar-refractivity contribution in [1.29, 1.82) is 0 Å². The summed E-state index contributed by atoms with van der Waals surface area (Å²) in [4.78, 5) is 23.4. The van der Waals surface area contributed by atoms with Crippen molar-refractivity contribution < 1.29 is 32.4 Å². The Labute approximate surface area is 157 Å². The van der Waals surface area contributed by atoms with Crippen LogP contribution in [-0.2, 0) is 24.4 Å². The minimum Gasteiger partial charge on any atom is -0.481 e. The van der Waals surface area contributed by atoms with E-state index < -0.39 is 39.3 Å². The molecule has 1 atom stereocenters. The van der Waals surface area contributed by atoms with Gasteiger partial charge in [-0.1, -0.05) is 46.5 Å². The van der Waals surface area contributed by atoms with Crippen LogP contribution in [0.3, 0.4) is 0 Å². The topological polar surface area (TPSA) is 118 Å². The first kappa shape index (κ1) is 24.8. The van der Waals surface area contributed by atoms with Crippen LogP contribution in [0.1, 0.15) is 91.4 Å². The largest absolute Gasteiger partial charge is 0.481 e. The molecular weight excluding hydrogens is 360 g/mol. The van der Waals surface area contributed by atoms with Crippen LogP contribution in [0.25, 0.3) is 0 Å². The Hall–Kier alpha value is -1.15. The van der Waals surface area contributed by atoms with Gasteiger partial charge < -0.3 is 9.84 Å². The van der Waals surface area contributed by atoms with Crippen molar-refractivity contribution in [2.24, 2.45) is 0 Å². The number of rotatable bonds is 15. The van der Waals surface area contributed by atoms with E-state index >= 15 is 0 Å². The van der Waals surface area contributed by atoms with E-state index in [0.29, 0.717) is 19.3 Å². The molecule has 0 bridgehead atoms. The van der Waals surface area contributed by atoms with Crippen LogP contribution in [0.5, 0.6) is 0 Å². The maximum Gasteiger partial charge on any atom is 0.328 e. The van der Waals surface area contributed by atoms with E-state index in [9.17, 15) is 22.6 Å². The Morgan fingerprint density at radius 1 is 0.923 bits per heavy atom. The summed E-state index contributed by atoms with van der Waals surface area (Å²) in [6.45, 7) is 6.10. The van der Waals surface area contributed by atoms with Crippen molar-refractivity contribution in [2.45, 2.75) is 102 Å². The average molecular weight is 395 g/mol. The lowest BCUT2D eigenvalue weighted by Gasteiger charge is -2.35. The number of ether oxygens (including phenoxy) is 1. The number of carboxylic acids is 1. The number of hydrogen-bond acceptors (Lipinski definition) is 5. The van der Waals surface area contributed by atoms with E-state index in [1.54, 1.807) is 0 Å². The standard InChI is InChI=1S/C18H34O7S/c1-4-7-10-13-18(11-8-5-2,12-9-6-3)25-17(21)15(14-16(19)20)26(22,23)24/h15H,4-14H2,1-3H3,(H,19,20)(H,22,23,24). The van der Waals surface area contributed by atoms with Crippen LogP contribution >= 0.6 is 0 Å². The van der Waals surface area contributed by atoms with E-state index in [0.717, 1.165) is 44.9 Å². The third kappa shape index (κ3) is 9.52. The van der Waals surface area contributed by atoms with Gasteiger partial charge in [-0.05, 0) is 38.5 Å². The molecule has 7 nitrogen and oxygen atoms in total. The minimum absolute atomic E-state index is 0.601. The van der Waals surface area contributed by atoms with E-state index in [1.807, 2.05) is 13.8 Å². The second kappa shape index (κ2) is 12.3. The van der Waals surface area contributed by atoms with Gasteiger partial charge in [-0.15, -0.1) is 0 Å². The zero-order valence-corrected chi connectivity index (χ0v) is 17.0. The molecule has 26 heavy (non-hydrogen) atoms. The highest BCUT2D eigenvalue weighted by Gasteiger charge is 2.40. The number of carbonyl (C=O) groups is 2. The third-order valence-electron chi connectivity index (χ3n) is 4.51. The molecule has 0 saturated carbocycles. The lowest BCUT2D eigenvalue weighted by Crippen LogP contribution is -2.42. The second-order valence-electron chi connectivity index (χ2n) is 6.87. The zero-order chi connectivity index (χ0) is 20.2. The Bertz CT molecular complexity index is 520. The molecular formula is C18H34O7S. The lowest BCUT2D eigenvalue weighted by atomic mass is 9.85. The maximum absolute atomic E-state index is 12.5. The Morgan fingerprint density at radius 2 is 1.38 bits per heavy atom. The fourth-order valence-electron chi connectivity index (χ4n) is 2.97.